The van der Waals surface area contributed by atoms with Crippen molar-refractivity contribution in [2.75, 3.05) is 0 Å². The number of fused-ring (bicyclic) bond motifs is 15. The van der Waals surface area contributed by atoms with Crippen LogP contribution in [0.5, 0.6) is 0 Å². The Balaban J connectivity index is 1.23. The molecular formula is C52H30N4S. The highest BCUT2D eigenvalue weighted by Crippen LogP contribution is 2.52. The Bertz CT molecular complexity index is 3640. The minimum Gasteiger partial charge on any atom is -0.308 e. The summed E-state index contributed by atoms with van der Waals surface area (Å²) in [4.78, 5) is 12.2. The van der Waals surface area contributed by atoms with Gasteiger partial charge in [-0.15, -0.1) is 11.3 Å². The molecule has 1 aliphatic heterocycles. The first-order chi connectivity index (χ1) is 28.3. The van der Waals surface area contributed by atoms with Crippen molar-refractivity contribution in [3.8, 4) is 56.1 Å². The van der Waals surface area contributed by atoms with E-state index in [1.165, 1.54) is 70.8 Å². The van der Waals surface area contributed by atoms with Gasteiger partial charge in [-0.1, -0.05) is 146 Å². The summed E-state index contributed by atoms with van der Waals surface area (Å²) in [5.41, 5.74) is 15.9. The third-order valence-electron chi connectivity index (χ3n) is 11.9. The SMILES string of the molecule is c1ccc(-c2cccc(-c3nc4sc5ccccc5c4nc3-n3c4ccccc4c4c5c6c(cc43)c3ccccc3n6-c3ccccc3-c3ccccc3-5)c2)cc1. The molecule has 1 aliphatic rings. The first-order valence-corrected chi connectivity index (χ1v) is 20.2. The van der Waals surface area contributed by atoms with E-state index in [-0.39, 0.29) is 0 Å². The molecule has 4 aromatic heterocycles. The van der Waals surface area contributed by atoms with Gasteiger partial charge in [0.25, 0.3) is 0 Å². The Morgan fingerprint density at radius 3 is 1.93 bits per heavy atom. The summed E-state index contributed by atoms with van der Waals surface area (Å²) in [6.45, 7) is 0. The third-order valence-corrected chi connectivity index (χ3v) is 12.9. The average molecular weight is 743 g/mol. The van der Waals surface area contributed by atoms with Crippen LogP contribution in [0.3, 0.4) is 0 Å². The molecule has 5 heterocycles. The molecule has 13 rings (SSSR count). The molecule has 57 heavy (non-hydrogen) atoms. The van der Waals surface area contributed by atoms with E-state index in [4.69, 9.17) is 9.97 Å². The van der Waals surface area contributed by atoms with E-state index in [9.17, 15) is 0 Å². The maximum absolute atomic E-state index is 5.70. The molecule has 0 saturated heterocycles. The lowest BCUT2D eigenvalue weighted by Crippen LogP contribution is -2.03. The molecule has 12 aromatic rings. The van der Waals surface area contributed by atoms with Gasteiger partial charge in [-0.2, -0.15) is 0 Å². The fourth-order valence-corrected chi connectivity index (χ4v) is 10.5. The monoisotopic (exact) mass is 742 g/mol. The summed E-state index contributed by atoms with van der Waals surface area (Å²) >= 11 is 1.71. The van der Waals surface area contributed by atoms with Crippen LogP contribution in [-0.4, -0.2) is 19.1 Å². The predicted molar refractivity (Wildman–Crippen MR) is 239 cm³/mol. The van der Waals surface area contributed by atoms with Crippen molar-refractivity contribution in [3.05, 3.63) is 182 Å². The van der Waals surface area contributed by atoms with E-state index in [0.29, 0.717) is 0 Å². The van der Waals surface area contributed by atoms with Crippen molar-refractivity contribution in [2.45, 2.75) is 0 Å². The average Bonchev–Trinajstić information content (AvgIpc) is 3.90. The highest BCUT2D eigenvalue weighted by atomic mass is 32.1. The van der Waals surface area contributed by atoms with Gasteiger partial charge in [0.2, 0.25) is 0 Å². The number of aromatic nitrogens is 4. The van der Waals surface area contributed by atoms with Gasteiger partial charge in [-0.25, -0.2) is 9.97 Å². The van der Waals surface area contributed by atoms with Gasteiger partial charge in [0.1, 0.15) is 16.0 Å². The largest absolute Gasteiger partial charge is 0.308 e. The topological polar surface area (TPSA) is 35.6 Å². The lowest BCUT2D eigenvalue weighted by molar-refractivity contribution is 1.09. The zero-order valence-electron chi connectivity index (χ0n) is 30.5. The van der Waals surface area contributed by atoms with E-state index in [2.05, 4.69) is 191 Å². The maximum atomic E-state index is 5.70. The highest BCUT2D eigenvalue weighted by Gasteiger charge is 2.30. The predicted octanol–water partition coefficient (Wildman–Crippen LogP) is 14.0. The zero-order chi connectivity index (χ0) is 37.2. The molecule has 264 valence electrons. The molecule has 0 atom stereocenters. The molecule has 4 nitrogen and oxygen atoms in total. The van der Waals surface area contributed by atoms with Crippen LogP contribution < -0.4 is 0 Å². The van der Waals surface area contributed by atoms with E-state index in [1.807, 2.05) is 0 Å². The number of rotatable bonds is 3. The van der Waals surface area contributed by atoms with Crippen molar-refractivity contribution >= 4 is 75.4 Å². The van der Waals surface area contributed by atoms with Crippen LogP contribution in [0.4, 0.5) is 0 Å². The summed E-state index contributed by atoms with van der Waals surface area (Å²) < 4.78 is 6.09. The molecule has 0 unspecified atom stereocenters. The minimum atomic E-state index is 0.822. The minimum absolute atomic E-state index is 0.822. The number of nitrogens with zero attached hydrogens (tertiary/aromatic N) is 4. The summed E-state index contributed by atoms with van der Waals surface area (Å²) in [6, 6.07) is 65.8. The summed E-state index contributed by atoms with van der Waals surface area (Å²) in [7, 11) is 0. The normalized spacial score (nSPS) is 12.2. The van der Waals surface area contributed by atoms with Crippen LogP contribution in [0.2, 0.25) is 0 Å². The smallest absolute Gasteiger partial charge is 0.165 e. The van der Waals surface area contributed by atoms with E-state index in [1.54, 1.807) is 11.3 Å². The summed E-state index contributed by atoms with van der Waals surface area (Å²) in [6.07, 6.45) is 0. The second kappa shape index (κ2) is 11.6. The first kappa shape index (κ1) is 30.9. The Morgan fingerprint density at radius 2 is 1.07 bits per heavy atom. The van der Waals surface area contributed by atoms with E-state index in [0.717, 1.165) is 49.4 Å². The molecule has 0 radical (unpaired) electrons. The number of benzene rings is 8. The van der Waals surface area contributed by atoms with Crippen molar-refractivity contribution in [3.63, 3.8) is 0 Å². The molecule has 0 N–H and O–H groups in total. The van der Waals surface area contributed by atoms with Crippen molar-refractivity contribution < 1.29 is 0 Å². The van der Waals surface area contributed by atoms with Crippen LogP contribution in [-0.2, 0) is 0 Å². The molecule has 0 bridgehead atoms. The van der Waals surface area contributed by atoms with Gasteiger partial charge >= 0.3 is 0 Å². The van der Waals surface area contributed by atoms with Crippen LogP contribution >= 0.6 is 11.3 Å². The molecule has 0 fully saturated rings. The van der Waals surface area contributed by atoms with Crippen LogP contribution in [0.1, 0.15) is 0 Å². The van der Waals surface area contributed by atoms with Gasteiger partial charge in [0.15, 0.2) is 5.82 Å². The number of hydrogen-bond acceptors (Lipinski definition) is 3. The summed E-state index contributed by atoms with van der Waals surface area (Å²) in [5, 5.41) is 5.96. The zero-order valence-corrected chi connectivity index (χ0v) is 31.3. The molecule has 0 amide bonds. The van der Waals surface area contributed by atoms with Gasteiger partial charge in [-0.05, 0) is 58.7 Å². The fraction of sp³-hybridized carbons (Fsp3) is 0. The molecule has 8 aromatic carbocycles. The Kier molecular flexibility index (Phi) is 6.29. The second-order valence-corrected chi connectivity index (χ2v) is 15.9. The summed E-state index contributed by atoms with van der Waals surface area (Å²) in [5.74, 6) is 0.822. The van der Waals surface area contributed by atoms with Gasteiger partial charge < -0.3 is 4.57 Å². The van der Waals surface area contributed by atoms with Gasteiger partial charge in [0, 0.05) is 48.3 Å². The van der Waals surface area contributed by atoms with Gasteiger partial charge in [0.05, 0.1) is 27.8 Å². The van der Waals surface area contributed by atoms with Crippen LogP contribution in [0.15, 0.2) is 182 Å². The number of para-hydroxylation sites is 3. The van der Waals surface area contributed by atoms with Crippen molar-refractivity contribution in [1.29, 1.82) is 0 Å². The Labute approximate surface area is 331 Å². The molecular weight excluding hydrogens is 713 g/mol. The van der Waals surface area contributed by atoms with E-state index < -0.39 is 0 Å². The standard InChI is InChI=1S/C52H30N4S/c1-2-15-31(16-3-1)32-17-14-18-33(29-32)48-51(53-49-39-24-9-13-28-45(39)57-52(49)54-48)56-43-27-12-8-23-38(43)46-44(56)30-40-36-21-7-11-26-42(36)55-41-25-10-6-20-35(41)34-19-4-5-22-37(34)47(46)50(40)55/h1-30H. The maximum Gasteiger partial charge on any atom is 0.165 e. The highest BCUT2D eigenvalue weighted by molar-refractivity contribution is 7.25. The van der Waals surface area contributed by atoms with E-state index >= 15 is 0 Å². The van der Waals surface area contributed by atoms with Gasteiger partial charge in [-0.3, -0.25) is 4.57 Å². The Morgan fingerprint density at radius 1 is 0.421 bits per heavy atom. The number of thiophene rings is 1. The fourth-order valence-electron chi connectivity index (χ4n) is 9.48. The molecule has 5 heteroatoms. The molecule has 0 saturated carbocycles. The third kappa shape index (κ3) is 4.26. The van der Waals surface area contributed by atoms with Crippen molar-refractivity contribution in [2.24, 2.45) is 0 Å². The number of hydrogen-bond donors (Lipinski definition) is 0. The molecule has 0 spiro atoms. The first-order valence-electron chi connectivity index (χ1n) is 19.3. The lowest BCUT2D eigenvalue weighted by Gasteiger charge is -2.15. The van der Waals surface area contributed by atoms with Crippen LogP contribution in [0, 0.1) is 0 Å². The Hall–Kier alpha value is -7.34. The molecule has 0 aliphatic carbocycles. The second-order valence-electron chi connectivity index (χ2n) is 14.9. The lowest BCUT2D eigenvalue weighted by atomic mass is 9.91. The quantitative estimate of drug-likeness (QED) is 0.181. The van der Waals surface area contributed by atoms with Crippen LogP contribution in [0.25, 0.3) is 120 Å². The van der Waals surface area contributed by atoms with Crippen molar-refractivity contribution in [1.82, 2.24) is 19.1 Å².